The molecule has 0 aliphatic rings. The van der Waals surface area contributed by atoms with Gasteiger partial charge < -0.3 is 10.6 Å². The van der Waals surface area contributed by atoms with Crippen LogP contribution in [0.25, 0.3) is 0 Å². The van der Waals surface area contributed by atoms with Crippen LogP contribution in [-0.2, 0) is 13.1 Å². The van der Waals surface area contributed by atoms with E-state index >= 15 is 0 Å². The molecular formula is C14H22N4S. The zero-order valence-electron chi connectivity index (χ0n) is 11.9. The Labute approximate surface area is 118 Å². The van der Waals surface area contributed by atoms with E-state index in [1.54, 1.807) is 11.3 Å². The average molecular weight is 278 g/mol. The summed E-state index contributed by atoms with van der Waals surface area (Å²) in [6, 6.07) is 4.25. The zero-order chi connectivity index (χ0) is 13.8. The summed E-state index contributed by atoms with van der Waals surface area (Å²) in [6.45, 7) is 9.03. The summed E-state index contributed by atoms with van der Waals surface area (Å²) in [5.41, 5.74) is 7.95. The predicted octanol–water partition coefficient (Wildman–Crippen LogP) is 3.27. The van der Waals surface area contributed by atoms with Crippen LogP contribution >= 0.6 is 11.3 Å². The molecule has 2 N–H and O–H groups in total. The van der Waals surface area contributed by atoms with Gasteiger partial charge in [-0.2, -0.15) is 5.10 Å². The molecule has 0 fully saturated rings. The Morgan fingerprint density at radius 1 is 1.42 bits per heavy atom. The number of aromatic nitrogens is 2. The predicted molar refractivity (Wildman–Crippen MR) is 82.7 cm³/mol. The summed E-state index contributed by atoms with van der Waals surface area (Å²) in [5, 5.41) is 6.66. The first-order chi connectivity index (χ1) is 9.17. The molecule has 2 heterocycles. The van der Waals surface area contributed by atoms with Crippen molar-refractivity contribution in [3.63, 3.8) is 0 Å². The van der Waals surface area contributed by atoms with Crippen molar-refractivity contribution in [2.75, 3.05) is 17.2 Å². The second-order valence-electron chi connectivity index (χ2n) is 4.64. The fraction of sp³-hybridized carbons (Fsp3) is 0.500. The number of nitrogens with two attached hydrogens (primary N) is 1. The van der Waals surface area contributed by atoms with Gasteiger partial charge in [0.25, 0.3) is 0 Å². The van der Waals surface area contributed by atoms with Crippen molar-refractivity contribution in [1.29, 1.82) is 0 Å². The molecule has 104 valence electrons. The highest BCUT2D eigenvalue weighted by atomic mass is 32.1. The molecule has 5 heteroatoms. The lowest BCUT2D eigenvalue weighted by Gasteiger charge is -2.24. The number of thiophene rings is 1. The number of hydrogen-bond acceptors (Lipinski definition) is 4. The van der Waals surface area contributed by atoms with E-state index in [0.29, 0.717) is 0 Å². The second-order valence-corrected chi connectivity index (χ2v) is 5.67. The highest BCUT2D eigenvalue weighted by Gasteiger charge is 2.18. The lowest BCUT2D eigenvalue weighted by atomic mass is 10.3. The molecule has 0 radical (unpaired) electrons. The number of anilines is 2. The Balaban J connectivity index is 2.31. The van der Waals surface area contributed by atoms with Crippen LogP contribution in [-0.4, -0.2) is 16.3 Å². The molecule has 0 aromatic carbocycles. The van der Waals surface area contributed by atoms with Crippen LogP contribution in [0.15, 0.2) is 17.5 Å². The quantitative estimate of drug-likeness (QED) is 0.882. The Bertz CT molecular complexity index is 516. The van der Waals surface area contributed by atoms with Gasteiger partial charge in [-0.15, -0.1) is 11.3 Å². The maximum atomic E-state index is 6.22. The first-order valence-corrected chi connectivity index (χ1v) is 7.65. The summed E-state index contributed by atoms with van der Waals surface area (Å²) in [5.74, 6) is 1.07. The van der Waals surface area contributed by atoms with Crippen molar-refractivity contribution >= 4 is 22.8 Å². The van der Waals surface area contributed by atoms with Gasteiger partial charge in [0.15, 0.2) is 5.82 Å². The van der Waals surface area contributed by atoms with E-state index in [1.165, 1.54) is 4.88 Å². The van der Waals surface area contributed by atoms with Crippen molar-refractivity contribution in [2.45, 2.75) is 40.3 Å². The summed E-state index contributed by atoms with van der Waals surface area (Å²) in [6.07, 6.45) is 1.06. The van der Waals surface area contributed by atoms with Crippen LogP contribution in [0.2, 0.25) is 0 Å². The molecule has 0 unspecified atom stereocenters. The summed E-state index contributed by atoms with van der Waals surface area (Å²) in [4.78, 5) is 3.65. The van der Waals surface area contributed by atoms with Crippen LogP contribution in [0.3, 0.4) is 0 Å². The monoisotopic (exact) mass is 278 g/mol. The average Bonchev–Trinajstić information content (AvgIpc) is 2.98. The van der Waals surface area contributed by atoms with Crippen molar-refractivity contribution in [1.82, 2.24) is 9.78 Å². The second kappa shape index (κ2) is 6.10. The van der Waals surface area contributed by atoms with Gasteiger partial charge in [0.2, 0.25) is 0 Å². The minimum absolute atomic E-state index is 0.812. The topological polar surface area (TPSA) is 47.1 Å². The minimum atomic E-state index is 0.812. The SMILES string of the molecule is CCCn1nc(C)c(N)c1N(CC)Cc1cccs1. The van der Waals surface area contributed by atoms with E-state index in [-0.39, 0.29) is 0 Å². The van der Waals surface area contributed by atoms with Gasteiger partial charge in [-0.25, -0.2) is 4.68 Å². The van der Waals surface area contributed by atoms with E-state index in [9.17, 15) is 0 Å². The summed E-state index contributed by atoms with van der Waals surface area (Å²) in [7, 11) is 0. The van der Waals surface area contributed by atoms with Crippen LogP contribution in [0.4, 0.5) is 11.5 Å². The lowest BCUT2D eigenvalue weighted by molar-refractivity contribution is 0.586. The molecule has 0 bridgehead atoms. The van der Waals surface area contributed by atoms with E-state index in [0.717, 1.165) is 43.3 Å². The Hall–Kier alpha value is -1.49. The molecule has 0 aliphatic carbocycles. The van der Waals surface area contributed by atoms with Gasteiger partial charge in [-0.3, -0.25) is 0 Å². The summed E-state index contributed by atoms with van der Waals surface area (Å²) < 4.78 is 2.04. The Morgan fingerprint density at radius 3 is 2.79 bits per heavy atom. The number of nitrogens with zero attached hydrogens (tertiary/aromatic N) is 3. The van der Waals surface area contributed by atoms with Gasteiger partial charge in [0.05, 0.1) is 17.9 Å². The highest BCUT2D eigenvalue weighted by molar-refractivity contribution is 7.09. The standard InChI is InChI=1S/C14H22N4S/c1-4-8-18-14(13(15)11(3)16-18)17(5-2)10-12-7-6-9-19-12/h6-7,9H,4-5,8,10,15H2,1-3H3. The van der Waals surface area contributed by atoms with Gasteiger partial charge in [-0.1, -0.05) is 13.0 Å². The molecule has 0 amide bonds. The van der Waals surface area contributed by atoms with E-state index < -0.39 is 0 Å². The van der Waals surface area contributed by atoms with Crippen molar-refractivity contribution in [2.24, 2.45) is 0 Å². The zero-order valence-corrected chi connectivity index (χ0v) is 12.7. The molecule has 19 heavy (non-hydrogen) atoms. The maximum Gasteiger partial charge on any atom is 0.150 e. The molecule has 0 saturated heterocycles. The smallest absolute Gasteiger partial charge is 0.150 e. The van der Waals surface area contributed by atoms with Gasteiger partial charge in [0, 0.05) is 18.0 Å². The normalized spacial score (nSPS) is 10.9. The van der Waals surface area contributed by atoms with Crippen LogP contribution in [0.1, 0.15) is 30.8 Å². The van der Waals surface area contributed by atoms with Crippen LogP contribution < -0.4 is 10.6 Å². The number of nitrogen functional groups attached to an aromatic ring is 1. The molecule has 2 aromatic rings. The number of aryl methyl sites for hydroxylation is 2. The van der Waals surface area contributed by atoms with E-state index in [2.05, 4.69) is 41.4 Å². The third-order valence-electron chi connectivity index (χ3n) is 3.19. The maximum absolute atomic E-state index is 6.22. The molecule has 2 rings (SSSR count). The van der Waals surface area contributed by atoms with Gasteiger partial charge in [-0.05, 0) is 31.7 Å². The molecule has 0 atom stereocenters. The Morgan fingerprint density at radius 2 is 2.21 bits per heavy atom. The minimum Gasteiger partial charge on any atom is -0.394 e. The molecule has 0 spiro atoms. The first kappa shape index (κ1) is 13.9. The fourth-order valence-electron chi connectivity index (χ4n) is 2.21. The molecule has 4 nitrogen and oxygen atoms in total. The highest BCUT2D eigenvalue weighted by Crippen LogP contribution is 2.28. The summed E-state index contributed by atoms with van der Waals surface area (Å²) >= 11 is 1.78. The fourth-order valence-corrected chi connectivity index (χ4v) is 2.93. The van der Waals surface area contributed by atoms with Gasteiger partial charge in [0.1, 0.15) is 0 Å². The van der Waals surface area contributed by atoms with Crippen LogP contribution in [0.5, 0.6) is 0 Å². The van der Waals surface area contributed by atoms with Crippen molar-refractivity contribution in [3.8, 4) is 0 Å². The molecule has 0 saturated carbocycles. The molecule has 2 aromatic heterocycles. The van der Waals surface area contributed by atoms with E-state index in [1.807, 2.05) is 11.6 Å². The largest absolute Gasteiger partial charge is 0.394 e. The number of hydrogen-bond donors (Lipinski definition) is 1. The lowest BCUT2D eigenvalue weighted by Crippen LogP contribution is -2.25. The number of rotatable bonds is 6. The van der Waals surface area contributed by atoms with Crippen molar-refractivity contribution in [3.05, 3.63) is 28.1 Å². The third kappa shape index (κ3) is 2.92. The molecule has 0 aliphatic heterocycles. The Kier molecular flexibility index (Phi) is 4.47. The van der Waals surface area contributed by atoms with Crippen LogP contribution in [0, 0.1) is 6.92 Å². The first-order valence-electron chi connectivity index (χ1n) is 6.77. The van der Waals surface area contributed by atoms with Gasteiger partial charge >= 0.3 is 0 Å². The van der Waals surface area contributed by atoms with Crippen molar-refractivity contribution < 1.29 is 0 Å². The molecular weight excluding hydrogens is 256 g/mol. The van der Waals surface area contributed by atoms with E-state index in [4.69, 9.17) is 5.73 Å². The third-order valence-corrected chi connectivity index (χ3v) is 4.05.